The molecule has 0 fully saturated rings. The minimum atomic E-state index is -0.0657. The van der Waals surface area contributed by atoms with Gasteiger partial charge in [0.2, 0.25) is 0 Å². The number of hydrogen-bond acceptors (Lipinski definition) is 3. The lowest BCUT2D eigenvalue weighted by Gasteiger charge is -2.25. The first-order valence-electron chi connectivity index (χ1n) is 5.61. The molecule has 0 aliphatic carbocycles. The number of nitrogen functional groups attached to an aromatic ring is 1. The molecule has 0 spiro atoms. The van der Waals surface area contributed by atoms with Crippen LogP contribution in [-0.4, -0.2) is 29.0 Å². The van der Waals surface area contributed by atoms with E-state index in [2.05, 4.69) is 13.0 Å². The molecule has 0 aromatic heterocycles. The lowest BCUT2D eigenvalue weighted by Crippen LogP contribution is -2.34. The van der Waals surface area contributed by atoms with Gasteiger partial charge in [-0.25, -0.2) is 0 Å². The summed E-state index contributed by atoms with van der Waals surface area (Å²) in [5.74, 6) is -0.108. The van der Waals surface area contributed by atoms with Gasteiger partial charge in [0.25, 0.3) is 5.91 Å². The average Bonchev–Trinajstić information content (AvgIpc) is 2.33. The van der Waals surface area contributed by atoms with Gasteiger partial charge in [-0.15, -0.1) is 0 Å². The number of benzene rings is 1. The fourth-order valence-electron chi connectivity index (χ4n) is 1.81. The third-order valence-corrected chi connectivity index (χ3v) is 3.00. The van der Waals surface area contributed by atoms with E-state index in [1.54, 1.807) is 17.0 Å². The zero-order chi connectivity index (χ0) is 12.4. The van der Waals surface area contributed by atoms with Crippen LogP contribution in [0.3, 0.4) is 0 Å². The first kappa shape index (κ1) is 11.5. The number of phenols is 1. The zero-order valence-corrected chi connectivity index (χ0v) is 9.81. The Morgan fingerprint density at radius 3 is 2.82 bits per heavy atom. The Balaban J connectivity index is 2.17. The summed E-state index contributed by atoms with van der Waals surface area (Å²) in [5, 5.41) is 9.48. The Labute approximate surface area is 100 Å². The Kier molecular flexibility index (Phi) is 3.04. The largest absolute Gasteiger partial charge is 0.506 e. The van der Waals surface area contributed by atoms with E-state index in [1.807, 2.05) is 0 Å². The second-order valence-corrected chi connectivity index (χ2v) is 4.33. The number of phenolic OH excluding ortho intramolecular Hbond substituents is 1. The number of hydrogen-bond donors (Lipinski definition) is 2. The number of amides is 1. The van der Waals surface area contributed by atoms with Crippen LogP contribution in [0.25, 0.3) is 0 Å². The molecule has 0 saturated carbocycles. The number of carbonyl (C=O) groups is 1. The molecule has 1 amide bonds. The SMILES string of the molecule is CC1=CCN(C(=O)c2ccc(N)c(O)c2)CC1. The van der Waals surface area contributed by atoms with E-state index in [4.69, 9.17) is 5.73 Å². The summed E-state index contributed by atoms with van der Waals surface area (Å²) in [6.45, 7) is 3.43. The maximum Gasteiger partial charge on any atom is 0.254 e. The summed E-state index contributed by atoms with van der Waals surface area (Å²) in [6, 6.07) is 4.61. The highest BCUT2D eigenvalue weighted by molar-refractivity contribution is 5.95. The summed E-state index contributed by atoms with van der Waals surface area (Å²) >= 11 is 0. The van der Waals surface area contributed by atoms with E-state index in [0.717, 1.165) is 13.0 Å². The predicted octanol–water partition coefficient (Wildman–Crippen LogP) is 1.77. The van der Waals surface area contributed by atoms with E-state index in [1.165, 1.54) is 11.6 Å². The smallest absolute Gasteiger partial charge is 0.254 e. The van der Waals surface area contributed by atoms with Gasteiger partial charge < -0.3 is 15.7 Å². The lowest BCUT2D eigenvalue weighted by atomic mass is 10.1. The number of rotatable bonds is 1. The Morgan fingerprint density at radius 1 is 1.47 bits per heavy atom. The van der Waals surface area contributed by atoms with Crippen LogP contribution in [0.4, 0.5) is 5.69 Å². The summed E-state index contributed by atoms with van der Waals surface area (Å²) in [5.41, 5.74) is 7.58. The maximum absolute atomic E-state index is 12.1. The molecule has 1 aliphatic rings. The quantitative estimate of drug-likeness (QED) is 0.440. The first-order valence-corrected chi connectivity index (χ1v) is 5.61. The summed E-state index contributed by atoms with van der Waals surface area (Å²) in [4.78, 5) is 13.9. The highest BCUT2D eigenvalue weighted by Crippen LogP contribution is 2.22. The van der Waals surface area contributed by atoms with Gasteiger partial charge in [-0.3, -0.25) is 4.79 Å². The predicted molar refractivity (Wildman–Crippen MR) is 66.8 cm³/mol. The average molecular weight is 232 g/mol. The van der Waals surface area contributed by atoms with Crippen molar-refractivity contribution >= 4 is 11.6 Å². The third-order valence-electron chi connectivity index (χ3n) is 3.00. The Bertz CT molecular complexity index is 480. The molecular formula is C13H16N2O2. The molecule has 3 N–H and O–H groups in total. The fraction of sp³-hybridized carbons (Fsp3) is 0.308. The maximum atomic E-state index is 12.1. The van der Waals surface area contributed by atoms with Crippen LogP contribution in [-0.2, 0) is 0 Å². The molecule has 1 aromatic rings. The molecular weight excluding hydrogens is 216 g/mol. The van der Waals surface area contributed by atoms with Crippen LogP contribution in [0.15, 0.2) is 29.8 Å². The van der Waals surface area contributed by atoms with Gasteiger partial charge in [0.05, 0.1) is 5.69 Å². The Morgan fingerprint density at radius 2 is 2.24 bits per heavy atom. The van der Waals surface area contributed by atoms with Crippen LogP contribution in [0, 0.1) is 0 Å². The first-order chi connectivity index (χ1) is 8.08. The van der Waals surface area contributed by atoms with E-state index in [0.29, 0.717) is 12.1 Å². The molecule has 0 atom stereocenters. The highest BCUT2D eigenvalue weighted by atomic mass is 16.3. The molecule has 4 nitrogen and oxygen atoms in total. The monoisotopic (exact) mass is 232 g/mol. The van der Waals surface area contributed by atoms with Gasteiger partial charge in [-0.2, -0.15) is 0 Å². The zero-order valence-electron chi connectivity index (χ0n) is 9.81. The lowest BCUT2D eigenvalue weighted by molar-refractivity contribution is 0.0768. The Hall–Kier alpha value is -1.97. The summed E-state index contributed by atoms with van der Waals surface area (Å²) in [6.07, 6.45) is 2.96. The normalized spacial score (nSPS) is 15.6. The molecule has 1 heterocycles. The van der Waals surface area contributed by atoms with Crippen molar-refractivity contribution in [1.29, 1.82) is 0 Å². The van der Waals surface area contributed by atoms with Crippen LogP contribution in [0.2, 0.25) is 0 Å². The van der Waals surface area contributed by atoms with Crippen LogP contribution in [0.5, 0.6) is 5.75 Å². The molecule has 0 unspecified atom stereocenters. The van der Waals surface area contributed by atoms with E-state index in [9.17, 15) is 9.90 Å². The number of nitrogens with zero attached hydrogens (tertiary/aromatic N) is 1. The number of carbonyl (C=O) groups excluding carboxylic acids is 1. The van der Waals surface area contributed by atoms with Crippen molar-refractivity contribution in [2.75, 3.05) is 18.8 Å². The van der Waals surface area contributed by atoms with Gasteiger partial charge in [0.1, 0.15) is 5.75 Å². The second-order valence-electron chi connectivity index (χ2n) is 4.33. The van der Waals surface area contributed by atoms with Crippen molar-refractivity contribution in [1.82, 2.24) is 4.90 Å². The van der Waals surface area contributed by atoms with Crippen molar-refractivity contribution in [2.24, 2.45) is 0 Å². The molecule has 2 rings (SSSR count). The van der Waals surface area contributed by atoms with Gasteiger partial charge in [-0.1, -0.05) is 11.6 Å². The molecule has 4 heteroatoms. The van der Waals surface area contributed by atoms with Gasteiger partial charge in [0.15, 0.2) is 0 Å². The van der Waals surface area contributed by atoms with Crippen LogP contribution < -0.4 is 5.73 Å². The number of aromatic hydroxyl groups is 1. The van der Waals surface area contributed by atoms with Gasteiger partial charge in [-0.05, 0) is 31.5 Å². The van der Waals surface area contributed by atoms with Crippen LogP contribution in [0.1, 0.15) is 23.7 Å². The fourth-order valence-corrected chi connectivity index (χ4v) is 1.81. The molecule has 0 saturated heterocycles. The molecule has 90 valence electrons. The van der Waals surface area contributed by atoms with Crippen molar-refractivity contribution in [3.8, 4) is 5.75 Å². The van der Waals surface area contributed by atoms with E-state index < -0.39 is 0 Å². The van der Waals surface area contributed by atoms with Gasteiger partial charge in [0, 0.05) is 18.7 Å². The minimum Gasteiger partial charge on any atom is -0.506 e. The standard InChI is InChI=1S/C13H16N2O2/c1-9-4-6-15(7-5-9)13(17)10-2-3-11(14)12(16)8-10/h2-4,8,16H,5-7,14H2,1H3. The minimum absolute atomic E-state index is 0.0421. The van der Waals surface area contributed by atoms with Crippen LogP contribution >= 0.6 is 0 Å². The number of anilines is 1. The molecule has 0 radical (unpaired) electrons. The third kappa shape index (κ3) is 2.41. The topological polar surface area (TPSA) is 66.6 Å². The van der Waals surface area contributed by atoms with Crippen molar-refractivity contribution in [3.63, 3.8) is 0 Å². The van der Waals surface area contributed by atoms with Crippen molar-refractivity contribution < 1.29 is 9.90 Å². The molecule has 1 aromatic carbocycles. The molecule has 17 heavy (non-hydrogen) atoms. The molecule has 0 bridgehead atoms. The molecule has 1 aliphatic heterocycles. The van der Waals surface area contributed by atoms with Crippen molar-refractivity contribution in [3.05, 3.63) is 35.4 Å². The summed E-state index contributed by atoms with van der Waals surface area (Å²) in [7, 11) is 0. The number of nitrogens with two attached hydrogens (primary N) is 1. The summed E-state index contributed by atoms with van der Waals surface area (Å²) < 4.78 is 0. The van der Waals surface area contributed by atoms with Gasteiger partial charge >= 0.3 is 0 Å². The van der Waals surface area contributed by atoms with Crippen molar-refractivity contribution in [2.45, 2.75) is 13.3 Å². The van der Waals surface area contributed by atoms with E-state index >= 15 is 0 Å². The highest BCUT2D eigenvalue weighted by Gasteiger charge is 2.18. The van der Waals surface area contributed by atoms with E-state index in [-0.39, 0.29) is 17.3 Å². The second kappa shape index (κ2) is 4.49.